The van der Waals surface area contributed by atoms with Crippen molar-refractivity contribution in [3.05, 3.63) is 75.7 Å². The monoisotopic (exact) mass is 1120 g/mol. The number of carbonyl (C=O) groups excluding carboxylic acids is 6. The Labute approximate surface area is 476 Å². The normalized spacial score (nSPS) is 17.1. The van der Waals surface area contributed by atoms with E-state index in [0.717, 1.165) is 66.4 Å². The lowest BCUT2D eigenvalue weighted by molar-refractivity contribution is -0.149. The second kappa shape index (κ2) is 30.0. The summed E-state index contributed by atoms with van der Waals surface area (Å²) in [7, 11) is 2.15. The van der Waals surface area contributed by atoms with Crippen LogP contribution in [0.2, 0.25) is 0 Å². The number of fused-ring (bicyclic) bond motifs is 2. The number of likely N-dealkylation sites (tertiary alicyclic amines) is 2. The first kappa shape index (κ1) is 62.2. The lowest BCUT2D eigenvalue weighted by atomic mass is 9.89. The van der Waals surface area contributed by atoms with E-state index in [1.807, 2.05) is 88.2 Å². The van der Waals surface area contributed by atoms with Gasteiger partial charge in [0.1, 0.15) is 18.1 Å². The maximum Gasteiger partial charge on any atom is 0.323 e. The SMILES string of the molecule is Cc1cc(C[C@@H](NC(=O)N2CCC(c3cc4ccccc4n(COC(=O)CCCCCOC(=O)[C@H](N)C(C)C)c3=O)CC2)C(=O)N2CCN(C3CCN(C)CC3)CC2)cc2cn(COC(=O)CCCCCOC(=O)[C@H](N)C(C)C)nc12. The van der Waals surface area contributed by atoms with Crippen LogP contribution in [0.3, 0.4) is 0 Å². The summed E-state index contributed by atoms with van der Waals surface area (Å²) in [5.41, 5.74) is 15.1. The Hall–Kier alpha value is -6.42. The van der Waals surface area contributed by atoms with E-state index in [2.05, 4.69) is 22.2 Å². The Bertz CT molecular complexity index is 2830. The number of unbranched alkanes of at least 4 members (excludes halogenated alkanes) is 4. The molecule has 3 aliphatic heterocycles. The van der Waals surface area contributed by atoms with Gasteiger partial charge in [0, 0.05) is 81.7 Å². The molecule has 444 valence electrons. The van der Waals surface area contributed by atoms with Crippen molar-refractivity contribution >= 4 is 57.6 Å². The number of rotatable bonds is 26. The summed E-state index contributed by atoms with van der Waals surface area (Å²) in [6.07, 6.45) is 9.29. The second-order valence-corrected chi connectivity index (χ2v) is 23.1. The molecule has 4 aromatic rings. The number of aryl methyl sites for hydroxylation is 1. The summed E-state index contributed by atoms with van der Waals surface area (Å²) in [4.78, 5) is 101. The number of pyridine rings is 1. The van der Waals surface area contributed by atoms with Crippen molar-refractivity contribution in [2.24, 2.45) is 23.3 Å². The number of nitrogens with one attached hydrogen (secondary N) is 1. The molecule has 3 aliphatic rings. The summed E-state index contributed by atoms with van der Waals surface area (Å²) in [5.74, 6) is -1.99. The van der Waals surface area contributed by atoms with Gasteiger partial charge in [0.2, 0.25) is 5.91 Å². The third kappa shape index (κ3) is 17.5. The molecule has 0 spiro atoms. The molecule has 81 heavy (non-hydrogen) atoms. The van der Waals surface area contributed by atoms with Gasteiger partial charge in [-0.05, 0) is 144 Å². The molecule has 21 nitrogen and oxygen atoms in total. The van der Waals surface area contributed by atoms with E-state index in [1.165, 1.54) is 4.57 Å². The van der Waals surface area contributed by atoms with Crippen molar-refractivity contribution in [2.45, 2.75) is 162 Å². The zero-order valence-electron chi connectivity index (χ0n) is 48.6. The predicted molar refractivity (Wildman–Crippen MR) is 308 cm³/mol. The van der Waals surface area contributed by atoms with E-state index in [-0.39, 0.29) is 87.2 Å². The summed E-state index contributed by atoms with van der Waals surface area (Å²) in [5, 5.41) is 9.49. The number of nitrogens with two attached hydrogens (primary N) is 2. The topological polar surface area (TPSA) is 256 Å². The zero-order chi connectivity index (χ0) is 58.2. The fourth-order valence-corrected chi connectivity index (χ4v) is 10.9. The van der Waals surface area contributed by atoms with E-state index in [0.29, 0.717) is 94.7 Å². The quantitative estimate of drug-likeness (QED) is 0.0394. The van der Waals surface area contributed by atoms with Gasteiger partial charge in [-0.15, -0.1) is 0 Å². The van der Waals surface area contributed by atoms with Crippen LogP contribution in [0.4, 0.5) is 4.79 Å². The van der Waals surface area contributed by atoms with E-state index in [9.17, 15) is 33.6 Å². The molecular weight excluding hydrogens is 1040 g/mol. The van der Waals surface area contributed by atoms with Gasteiger partial charge >= 0.3 is 29.9 Å². The Balaban J connectivity index is 0.955. The molecule has 2 aromatic heterocycles. The number of benzene rings is 2. The number of amides is 3. The van der Waals surface area contributed by atoms with Gasteiger partial charge in [0.15, 0.2) is 13.5 Å². The summed E-state index contributed by atoms with van der Waals surface area (Å²) >= 11 is 0. The van der Waals surface area contributed by atoms with Gasteiger partial charge in [-0.25, -0.2) is 9.48 Å². The highest BCUT2D eigenvalue weighted by molar-refractivity contribution is 5.88. The number of carbonyl (C=O) groups is 6. The number of hydrogen-bond donors (Lipinski definition) is 3. The number of nitrogens with zero attached hydrogens (tertiary/aromatic N) is 7. The van der Waals surface area contributed by atoms with E-state index in [4.69, 9.17) is 35.5 Å². The molecule has 5 N–H and O–H groups in total. The fourth-order valence-electron chi connectivity index (χ4n) is 10.9. The van der Waals surface area contributed by atoms with Crippen molar-refractivity contribution in [3.63, 3.8) is 0 Å². The maximum absolute atomic E-state index is 14.7. The van der Waals surface area contributed by atoms with Gasteiger partial charge in [0.05, 0.1) is 24.2 Å². The number of hydrogen-bond acceptors (Lipinski definition) is 16. The van der Waals surface area contributed by atoms with E-state index < -0.39 is 36.0 Å². The molecule has 0 aliphatic carbocycles. The first-order valence-corrected chi connectivity index (χ1v) is 29.4. The summed E-state index contributed by atoms with van der Waals surface area (Å²) in [6.45, 7) is 15.0. The Kier molecular flexibility index (Phi) is 23.1. The van der Waals surface area contributed by atoms with Crippen molar-refractivity contribution in [3.8, 4) is 0 Å². The van der Waals surface area contributed by atoms with Crippen LogP contribution in [-0.4, -0.2) is 167 Å². The van der Waals surface area contributed by atoms with Gasteiger partial charge in [-0.1, -0.05) is 52.0 Å². The molecule has 3 atom stereocenters. The molecule has 5 heterocycles. The molecule has 0 radical (unpaired) electrons. The largest absolute Gasteiger partial charge is 0.465 e. The van der Waals surface area contributed by atoms with Crippen LogP contribution in [0.1, 0.15) is 127 Å². The molecular formula is C60H88N10O11. The minimum Gasteiger partial charge on any atom is -0.465 e. The number of aromatic nitrogens is 3. The highest BCUT2D eigenvalue weighted by atomic mass is 16.6. The van der Waals surface area contributed by atoms with Crippen LogP contribution in [-0.2, 0) is 62.8 Å². The molecule has 7 rings (SSSR count). The average Bonchev–Trinajstić information content (AvgIpc) is 4.12. The van der Waals surface area contributed by atoms with Crippen LogP contribution in [0, 0.1) is 18.8 Å². The highest BCUT2D eigenvalue weighted by Gasteiger charge is 2.34. The van der Waals surface area contributed by atoms with Crippen molar-refractivity contribution < 1.29 is 47.7 Å². The van der Waals surface area contributed by atoms with Crippen molar-refractivity contribution in [2.75, 3.05) is 72.6 Å². The molecule has 2 aromatic carbocycles. The lowest BCUT2D eigenvalue weighted by Gasteiger charge is -2.43. The maximum atomic E-state index is 14.7. The molecule has 0 saturated carbocycles. The average molecular weight is 1130 g/mol. The fraction of sp³-hybridized carbons (Fsp3) is 0.633. The minimum atomic E-state index is -0.864. The van der Waals surface area contributed by atoms with E-state index in [1.54, 1.807) is 9.58 Å². The molecule has 0 bridgehead atoms. The van der Waals surface area contributed by atoms with Crippen LogP contribution in [0.15, 0.2) is 53.5 Å². The number of urea groups is 1. The number of esters is 4. The molecule has 3 amide bonds. The zero-order valence-corrected chi connectivity index (χ0v) is 48.6. The Morgan fingerprint density at radius 1 is 0.679 bits per heavy atom. The molecule has 3 saturated heterocycles. The molecule has 0 unspecified atom stereocenters. The van der Waals surface area contributed by atoms with Crippen molar-refractivity contribution in [1.29, 1.82) is 0 Å². The van der Waals surface area contributed by atoms with Crippen LogP contribution in [0.25, 0.3) is 21.8 Å². The van der Waals surface area contributed by atoms with E-state index >= 15 is 0 Å². The van der Waals surface area contributed by atoms with Gasteiger partial charge in [-0.3, -0.25) is 38.2 Å². The third-order valence-electron chi connectivity index (χ3n) is 16.3. The van der Waals surface area contributed by atoms with Gasteiger partial charge < -0.3 is 50.4 Å². The van der Waals surface area contributed by atoms with Crippen LogP contribution in [0.5, 0.6) is 0 Å². The van der Waals surface area contributed by atoms with Crippen molar-refractivity contribution in [1.82, 2.24) is 39.3 Å². The minimum absolute atomic E-state index is 0.00968. The molecule has 3 fully saturated rings. The highest BCUT2D eigenvalue weighted by Crippen LogP contribution is 2.29. The Morgan fingerprint density at radius 3 is 1.88 bits per heavy atom. The standard InChI is InChI=1S/C60H88N10O11/c1-40(2)53(61)58(75)78-31-13-7-9-17-51(71)80-38-69-37-46-34-43(33-42(5)55(46)64-69)35-49(57(74)67-29-27-66(28-30-67)47-21-23-65(6)24-22-47)63-60(77)68-25-19-44(20-26-68)48-36-45-15-11-12-16-50(45)70(56(48)73)39-81-52(72)18-10-8-14-32-79-59(76)54(62)41(3)4/h11-12,15-16,33-34,36-37,40-41,44,47,49,53-54H,7-10,13-14,17-32,35,38-39,61-62H2,1-6H3,(H,63,77)/t49-,53-,54-/m1/s1. The number of piperidine rings is 2. The van der Waals surface area contributed by atoms with Gasteiger partial charge in [0.25, 0.3) is 5.56 Å². The smallest absolute Gasteiger partial charge is 0.323 e. The summed E-state index contributed by atoms with van der Waals surface area (Å²) in [6, 6.07) is 11.3. The first-order chi connectivity index (χ1) is 38.9. The third-order valence-corrected chi connectivity index (χ3v) is 16.3. The number of piperazine rings is 1. The molecule has 21 heteroatoms. The predicted octanol–water partition coefficient (Wildman–Crippen LogP) is 5.57. The van der Waals surface area contributed by atoms with Crippen LogP contribution >= 0.6 is 0 Å². The van der Waals surface area contributed by atoms with Gasteiger partial charge in [-0.2, -0.15) is 5.10 Å². The first-order valence-electron chi connectivity index (χ1n) is 29.4. The lowest BCUT2D eigenvalue weighted by Crippen LogP contribution is -2.59. The number of para-hydroxylation sites is 1. The summed E-state index contributed by atoms with van der Waals surface area (Å²) < 4.78 is 24.8. The Morgan fingerprint density at radius 2 is 1.27 bits per heavy atom. The van der Waals surface area contributed by atoms with Crippen LogP contribution < -0.4 is 22.3 Å². The second-order valence-electron chi connectivity index (χ2n) is 23.1. The number of ether oxygens (including phenoxy) is 4.